The number of hydrogen-bond donors (Lipinski definition) is 0. The average molecular weight is 275 g/mol. The van der Waals surface area contributed by atoms with Crippen molar-refractivity contribution in [1.29, 1.82) is 5.26 Å². The van der Waals surface area contributed by atoms with Crippen LogP contribution in [0.3, 0.4) is 0 Å². The first-order valence-corrected chi connectivity index (χ1v) is 6.55. The van der Waals surface area contributed by atoms with E-state index in [0.29, 0.717) is 5.56 Å². The van der Waals surface area contributed by atoms with E-state index in [-0.39, 0.29) is 0 Å². The molecular formula is C18H13NO2. The van der Waals surface area contributed by atoms with E-state index in [0.717, 1.165) is 28.4 Å². The van der Waals surface area contributed by atoms with Crippen molar-refractivity contribution in [1.82, 2.24) is 0 Å². The van der Waals surface area contributed by atoms with E-state index in [9.17, 15) is 0 Å². The minimum Gasteiger partial charge on any atom is -0.497 e. The van der Waals surface area contributed by atoms with Crippen molar-refractivity contribution in [3.8, 4) is 34.4 Å². The number of nitrogens with zero attached hydrogens (tertiary/aromatic N) is 1. The van der Waals surface area contributed by atoms with Gasteiger partial charge in [-0.15, -0.1) is 0 Å². The summed E-state index contributed by atoms with van der Waals surface area (Å²) >= 11 is 0. The van der Waals surface area contributed by atoms with Gasteiger partial charge in [0.2, 0.25) is 0 Å². The van der Waals surface area contributed by atoms with Crippen LogP contribution in [0.15, 0.2) is 60.7 Å². The van der Waals surface area contributed by atoms with Crippen LogP contribution in [0.1, 0.15) is 5.56 Å². The molecule has 0 radical (unpaired) electrons. The lowest BCUT2D eigenvalue weighted by molar-refractivity contribution is 0.413. The Bertz CT molecular complexity index is 772. The SMILES string of the molecule is COc1ccc(Oc2ccc3ccc(C#N)c-3cc2)cc1. The fourth-order valence-electron chi connectivity index (χ4n) is 2.18. The molecule has 1 aromatic rings. The molecule has 3 heteroatoms. The summed E-state index contributed by atoms with van der Waals surface area (Å²) in [5.41, 5.74) is 2.63. The highest BCUT2D eigenvalue weighted by Gasteiger charge is 2.07. The highest BCUT2D eigenvalue weighted by molar-refractivity contribution is 5.74. The van der Waals surface area contributed by atoms with Crippen molar-refractivity contribution in [2.24, 2.45) is 0 Å². The van der Waals surface area contributed by atoms with Crippen LogP contribution in [0.25, 0.3) is 11.1 Å². The molecule has 3 rings (SSSR count). The first kappa shape index (κ1) is 13.0. The Hall–Kier alpha value is -2.99. The molecule has 0 spiro atoms. The highest BCUT2D eigenvalue weighted by Crippen LogP contribution is 2.30. The van der Waals surface area contributed by atoms with Gasteiger partial charge in [-0.25, -0.2) is 0 Å². The Morgan fingerprint density at radius 1 is 0.762 bits per heavy atom. The van der Waals surface area contributed by atoms with E-state index in [2.05, 4.69) is 6.07 Å². The van der Waals surface area contributed by atoms with Crippen molar-refractivity contribution in [3.05, 3.63) is 66.2 Å². The molecule has 0 unspecified atom stereocenters. The zero-order valence-corrected chi connectivity index (χ0v) is 11.5. The van der Waals surface area contributed by atoms with E-state index in [1.54, 1.807) is 7.11 Å². The summed E-state index contributed by atoms with van der Waals surface area (Å²) in [6.45, 7) is 0. The number of ether oxygens (including phenoxy) is 2. The number of fused-ring (bicyclic) bond motifs is 1. The predicted molar refractivity (Wildman–Crippen MR) is 80.8 cm³/mol. The van der Waals surface area contributed by atoms with Gasteiger partial charge in [0.25, 0.3) is 0 Å². The molecule has 0 atom stereocenters. The van der Waals surface area contributed by atoms with E-state index < -0.39 is 0 Å². The molecule has 0 aromatic heterocycles. The summed E-state index contributed by atoms with van der Waals surface area (Å²) in [6, 6.07) is 21.0. The third-order valence-electron chi connectivity index (χ3n) is 3.29. The summed E-state index contributed by atoms with van der Waals surface area (Å²) in [5, 5.41) is 9.07. The largest absolute Gasteiger partial charge is 0.497 e. The summed E-state index contributed by atoms with van der Waals surface area (Å²) in [6.07, 6.45) is 0. The monoisotopic (exact) mass is 275 g/mol. The summed E-state index contributed by atoms with van der Waals surface area (Å²) in [4.78, 5) is 0. The Labute approximate surface area is 123 Å². The van der Waals surface area contributed by atoms with Gasteiger partial charge in [-0.1, -0.05) is 12.1 Å². The zero-order chi connectivity index (χ0) is 14.7. The zero-order valence-electron chi connectivity index (χ0n) is 11.5. The van der Waals surface area contributed by atoms with Gasteiger partial charge < -0.3 is 9.47 Å². The molecule has 0 bridgehead atoms. The van der Waals surface area contributed by atoms with Crippen molar-refractivity contribution in [2.75, 3.05) is 7.11 Å². The van der Waals surface area contributed by atoms with Gasteiger partial charge in [-0.05, 0) is 59.7 Å². The Morgan fingerprint density at radius 3 is 2.00 bits per heavy atom. The molecule has 21 heavy (non-hydrogen) atoms. The quantitative estimate of drug-likeness (QED) is 0.708. The lowest BCUT2D eigenvalue weighted by Crippen LogP contribution is -1.84. The maximum Gasteiger partial charge on any atom is 0.127 e. The molecule has 2 aliphatic rings. The fraction of sp³-hybridized carbons (Fsp3) is 0.0556. The van der Waals surface area contributed by atoms with Crippen LogP contribution in [0.2, 0.25) is 0 Å². The molecule has 1 aromatic carbocycles. The molecule has 0 N–H and O–H groups in total. The molecule has 0 aliphatic heterocycles. The summed E-state index contributed by atoms with van der Waals surface area (Å²) < 4.78 is 10.9. The Morgan fingerprint density at radius 2 is 1.33 bits per heavy atom. The normalized spacial score (nSPS) is 10.1. The standard InChI is InChI=1S/C18H13NO2/c1-20-15-6-8-17(9-7-15)21-16-5-4-13-2-3-14(12-19)18(13)11-10-16/h2-11H,1H3. The smallest absolute Gasteiger partial charge is 0.127 e. The Balaban J connectivity index is 1.90. The minimum atomic E-state index is 0.677. The average Bonchev–Trinajstić information content (AvgIpc) is 2.82. The van der Waals surface area contributed by atoms with Gasteiger partial charge in [-0.2, -0.15) is 5.26 Å². The van der Waals surface area contributed by atoms with E-state index in [4.69, 9.17) is 14.7 Å². The van der Waals surface area contributed by atoms with Gasteiger partial charge in [0, 0.05) is 0 Å². The van der Waals surface area contributed by atoms with E-state index >= 15 is 0 Å². The van der Waals surface area contributed by atoms with Gasteiger partial charge >= 0.3 is 0 Å². The predicted octanol–water partition coefficient (Wildman–Crippen LogP) is 4.46. The molecular weight excluding hydrogens is 262 g/mol. The van der Waals surface area contributed by atoms with Crippen LogP contribution in [0.4, 0.5) is 0 Å². The van der Waals surface area contributed by atoms with Crippen LogP contribution in [0, 0.1) is 11.3 Å². The van der Waals surface area contributed by atoms with Crippen molar-refractivity contribution in [3.63, 3.8) is 0 Å². The van der Waals surface area contributed by atoms with Gasteiger partial charge in [0.05, 0.1) is 18.7 Å². The second-order valence-electron chi connectivity index (χ2n) is 4.57. The van der Waals surface area contributed by atoms with Gasteiger partial charge in [0.1, 0.15) is 17.2 Å². The number of nitriles is 1. The summed E-state index contributed by atoms with van der Waals surface area (Å²) in [7, 11) is 1.63. The van der Waals surface area contributed by atoms with Crippen LogP contribution in [-0.4, -0.2) is 7.11 Å². The maximum absolute atomic E-state index is 9.07. The molecule has 0 heterocycles. The molecule has 3 nitrogen and oxygen atoms in total. The lowest BCUT2D eigenvalue weighted by Gasteiger charge is -2.04. The molecule has 102 valence electrons. The Kier molecular flexibility index (Phi) is 3.44. The van der Waals surface area contributed by atoms with Crippen LogP contribution in [0.5, 0.6) is 17.2 Å². The van der Waals surface area contributed by atoms with Crippen LogP contribution in [-0.2, 0) is 0 Å². The third kappa shape index (κ3) is 2.65. The first-order chi connectivity index (χ1) is 10.3. The molecule has 0 amide bonds. The number of benzene rings is 1. The third-order valence-corrected chi connectivity index (χ3v) is 3.29. The van der Waals surface area contributed by atoms with Gasteiger partial charge in [0.15, 0.2) is 0 Å². The number of hydrogen-bond acceptors (Lipinski definition) is 3. The second kappa shape index (κ2) is 5.56. The number of methoxy groups -OCH3 is 1. The topological polar surface area (TPSA) is 42.2 Å². The number of rotatable bonds is 3. The van der Waals surface area contributed by atoms with Crippen LogP contribution >= 0.6 is 0 Å². The maximum atomic E-state index is 9.07. The second-order valence-corrected chi connectivity index (χ2v) is 4.57. The van der Waals surface area contributed by atoms with Crippen molar-refractivity contribution >= 4 is 0 Å². The molecule has 2 aliphatic carbocycles. The highest BCUT2D eigenvalue weighted by atomic mass is 16.5. The molecule has 0 fully saturated rings. The summed E-state index contributed by atoms with van der Waals surface area (Å²) in [5.74, 6) is 2.25. The van der Waals surface area contributed by atoms with E-state index in [1.165, 1.54) is 0 Å². The first-order valence-electron chi connectivity index (χ1n) is 6.55. The molecule has 0 saturated carbocycles. The van der Waals surface area contributed by atoms with Crippen molar-refractivity contribution < 1.29 is 9.47 Å². The fourth-order valence-corrected chi connectivity index (χ4v) is 2.18. The lowest BCUT2D eigenvalue weighted by atomic mass is 10.1. The van der Waals surface area contributed by atoms with Crippen LogP contribution < -0.4 is 9.47 Å². The van der Waals surface area contributed by atoms with E-state index in [1.807, 2.05) is 60.7 Å². The minimum absolute atomic E-state index is 0.677. The molecule has 0 saturated heterocycles. The van der Waals surface area contributed by atoms with Crippen molar-refractivity contribution in [2.45, 2.75) is 0 Å². The van der Waals surface area contributed by atoms with Gasteiger partial charge in [-0.3, -0.25) is 0 Å².